The lowest BCUT2D eigenvalue weighted by Gasteiger charge is -2.07. The van der Waals surface area contributed by atoms with E-state index in [-0.39, 0.29) is 0 Å². The summed E-state index contributed by atoms with van der Waals surface area (Å²) in [7, 11) is 1.96. The third kappa shape index (κ3) is 2.44. The Balaban J connectivity index is 2.05. The molecule has 0 fully saturated rings. The molecule has 0 aliphatic carbocycles. The maximum Gasteiger partial charge on any atom is 0.130 e. The zero-order valence-corrected chi connectivity index (χ0v) is 10.9. The maximum atomic E-state index is 5.69. The number of aryl methyl sites for hydroxylation is 2. The van der Waals surface area contributed by atoms with Gasteiger partial charge in [-0.15, -0.1) is 0 Å². The fraction of sp³-hybridized carbons (Fsp3) is 0.250. The molecular formula is C12H13BrN2O. The summed E-state index contributed by atoms with van der Waals surface area (Å²) in [6, 6.07) is 5.96. The predicted octanol–water partition coefficient (Wildman–Crippen LogP) is 3.07. The lowest BCUT2D eigenvalue weighted by atomic mass is 10.2. The Morgan fingerprint density at radius 2 is 2.25 bits per heavy atom. The van der Waals surface area contributed by atoms with Gasteiger partial charge in [-0.2, -0.15) is 0 Å². The minimum Gasteiger partial charge on any atom is -0.487 e. The number of rotatable bonds is 3. The number of nitrogens with zero attached hydrogens (tertiary/aromatic N) is 2. The average Bonchev–Trinajstić information content (AvgIpc) is 2.66. The van der Waals surface area contributed by atoms with Crippen LogP contribution in [-0.2, 0) is 13.7 Å². The van der Waals surface area contributed by atoms with Gasteiger partial charge < -0.3 is 9.30 Å². The van der Waals surface area contributed by atoms with Crippen molar-refractivity contribution in [1.29, 1.82) is 0 Å². The highest BCUT2D eigenvalue weighted by Crippen LogP contribution is 2.22. The predicted molar refractivity (Wildman–Crippen MR) is 66.4 cm³/mol. The van der Waals surface area contributed by atoms with Gasteiger partial charge in [0, 0.05) is 11.5 Å². The molecule has 16 heavy (non-hydrogen) atoms. The molecule has 0 amide bonds. The number of ether oxygens (including phenoxy) is 1. The Kier molecular flexibility index (Phi) is 3.29. The van der Waals surface area contributed by atoms with Gasteiger partial charge in [-0.05, 0) is 30.7 Å². The molecule has 0 N–H and O–H groups in total. The number of hydrogen-bond donors (Lipinski definition) is 0. The summed E-state index contributed by atoms with van der Waals surface area (Å²) in [5.74, 6) is 0.877. The summed E-state index contributed by atoms with van der Waals surface area (Å²) in [5.41, 5.74) is 2.23. The Hall–Kier alpha value is -1.29. The molecule has 0 atom stereocenters. The third-order valence-corrected chi connectivity index (χ3v) is 3.32. The fourth-order valence-corrected chi connectivity index (χ4v) is 1.63. The zero-order valence-electron chi connectivity index (χ0n) is 9.27. The first-order valence-corrected chi connectivity index (χ1v) is 5.80. The van der Waals surface area contributed by atoms with Crippen LogP contribution in [0.3, 0.4) is 0 Å². The van der Waals surface area contributed by atoms with Gasteiger partial charge in [-0.1, -0.05) is 15.9 Å². The van der Waals surface area contributed by atoms with Crippen LogP contribution in [0.5, 0.6) is 5.75 Å². The second-order valence-electron chi connectivity index (χ2n) is 3.70. The van der Waals surface area contributed by atoms with E-state index in [0.717, 1.165) is 15.9 Å². The second-order valence-corrected chi connectivity index (χ2v) is 4.55. The van der Waals surface area contributed by atoms with Gasteiger partial charge in [0.2, 0.25) is 0 Å². The highest BCUT2D eigenvalue weighted by atomic mass is 79.9. The van der Waals surface area contributed by atoms with Crippen LogP contribution in [0.25, 0.3) is 0 Å². The second kappa shape index (κ2) is 4.70. The average molecular weight is 281 g/mol. The van der Waals surface area contributed by atoms with Crippen LogP contribution in [0.15, 0.2) is 35.2 Å². The molecule has 3 nitrogen and oxygen atoms in total. The molecule has 1 aromatic heterocycles. The van der Waals surface area contributed by atoms with Crippen LogP contribution in [0.1, 0.15) is 11.3 Å². The molecule has 84 valence electrons. The van der Waals surface area contributed by atoms with Crippen molar-refractivity contribution >= 4 is 15.9 Å². The van der Waals surface area contributed by atoms with Crippen LogP contribution in [0.2, 0.25) is 0 Å². The Labute approximate surface area is 103 Å². The van der Waals surface area contributed by atoms with E-state index in [0.29, 0.717) is 6.61 Å². The molecule has 0 aliphatic heterocycles. The molecule has 2 aromatic rings. The lowest BCUT2D eigenvalue weighted by Crippen LogP contribution is -2.01. The van der Waals surface area contributed by atoms with E-state index in [9.17, 15) is 0 Å². The van der Waals surface area contributed by atoms with Crippen molar-refractivity contribution < 1.29 is 4.74 Å². The number of halogens is 1. The maximum absolute atomic E-state index is 5.69. The van der Waals surface area contributed by atoms with Gasteiger partial charge in [-0.3, -0.25) is 0 Å². The molecule has 2 rings (SSSR count). The van der Waals surface area contributed by atoms with Crippen molar-refractivity contribution in [2.45, 2.75) is 13.5 Å². The molecule has 0 unspecified atom stereocenters. The quantitative estimate of drug-likeness (QED) is 0.864. The summed E-state index contributed by atoms with van der Waals surface area (Å²) in [4.78, 5) is 4.04. The SMILES string of the molecule is Cc1cc(OCc2cncn2C)ccc1Br. The van der Waals surface area contributed by atoms with Crippen molar-refractivity contribution in [1.82, 2.24) is 9.55 Å². The molecule has 0 saturated heterocycles. The third-order valence-electron chi connectivity index (χ3n) is 2.43. The number of benzene rings is 1. The normalized spacial score (nSPS) is 10.4. The van der Waals surface area contributed by atoms with E-state index in [1.54, 1.807) is 6.33 Å². The monoisotopic (exact) mass is 280 g/mol. The van der Waals surface area contributed by atoms with E-state index in [1.807, 2.05) is 42.9 Å². The van der Waals surface area contributed by atoms with Crippen molar-refractivity contribution in [3.05, 3.63) is 46.5 Å². The highest BCUT2D eigenvalue weighted by molar-refractivity contribution is 9.10. The molecular weight excluding hydrogens is 268 g/mol. The van der Waals surface area contributed by atoms with E-state index in [2.05, 4.69) is 20.9 Å². The first kappa shape index (κ1) is 11.2. The van der Waals surface area contributed by atoms with Gasteiger partial charge in [0.1, 0.15) is 12.4 Å². The molecule has 4 heteroatoms. The lowest BCUT2D eigenvalue weighted by molar-refractivity contribution is 0.297. The molecule has 1 heterocycles. The summed E-state index contributed by atoms with van der Waals surface area (Å²) < 4.78 is 8.73. The first-order chi connectivity index (χ1) is 7.66. The molecule has 0 spiro atoms. The van der Waals surface area contributed by atoms with Crippen molar-refractivity contribution in [2.75, 3.05) is 0 Å². The largest absolute Gasteiger partial charge is 0.487 e. The molecule has 0 aliphatic rings. The molecule has 0 bridgehead atoms. The summed E-state index contributed by atoms with van der Waals surface area (Å²) in [6.45, 7) is 2.58. The van der Waals surface area contributed by atoms with Crippen LogP contribution >= 0.6 is 15.9 Å². The van der Waals surface area contributed by atoms with Crippen molar-refractivity contribution in [3.63, 3.8) is 0 Å². The van der Waals surface area contributed by atoms with Crippen LogP contribution in [0.4, 0.5) is 0 Å². The standard InChI is InChI=1S/C12H13BrN2O/c1-9-5-11(3-4-12(9)13)16-7-10-6-14-8-15(10)2/h3-6,8H,7H2,1-2H3. The molecule has 1 aromatic carbocycles. The van der Waals surface area contributed by atoms with Crippen LogP contribution in [0, 0.1) is 6.92 Å². The molecule has 0 radical (unpaired) electrons. The minimum absolute atomic E-state index is 0.539. The van der Waals surface area contributed by atoms with E-state index < -0.39 is 0 Å². The number of aromatic nitrogens is 2. The summed E-state index contributed by atoms with van der Waals surface area (Å²) in [6.07, 6.45) is 3.58. The molecule has 0 saturated carbocycles. The summed E-state index contributed by atoms with van der Waals surface area (Å²) in [5, 5.41) is 0. The van der Waals surface area contributed by atoms with Gasteiger partial charge in [-0.25, -0.2) is 4.98 Å². The minimum atomic E-state index is 0.539. The van der Waals surface area contributed by atoms with Crippen molar-refractivity contribution in [2.24, 2.45) is 7.05 Å². The van der Waals surface area contributed by atoms with Crippen LogP contribution in [-0.4, -0.2) is 9.55 Å². The zero-order chi connectivity index (χ0) is 11.5. The van der Waals surface area contributed by atoms with Crippen LogP contribution < -0.4 is 4.74 Å². The smallest absolute Gasteiger partial charge is 0.130 e. The Morgan fingerprint density at radius 1 is 1.44 bits per heavy atom. The fourth-order valence-electron chi connectivity index (χ4n) is 1.39. The number of imidazole rings is 1. The Morgan fingerprint density at radius 3 is 2.88 bits per heavy atom. The highest BCUT2D eigenvalue weighted by Gasteiger charge is 2.01. The summed E-state index contributed by atoms with van der Waals surface area (Å²) >= 11 is 3.46. The van der Waals surface area contributed by atoms with Gasteiger partial charge >= 0.3 is 0 Å². The topological polar surface area (TPSA) is 27.1 Å². The van der Waals surface area contributed by atoms with Crippen molar-refractivity contribution in [3.8, 4) is 5.75 Å². The van der Waals surface area contributed by atoms with Gasteiger partial charge in [0.25, 0.3) is 0 Å². The Bertz CT molecular complexity index is 494. The van der Waals surface area contributed by atoms with Gasteiger partial charge in [0.15, 0.2) is 0 Å². The first-order valence-electron chi connectivity index (χ1n) is 5.01. The van der Waals surface area contributed by atoms with E-state index in [4.69, 9.17) is 4.74 Å². The van der Waals surface area contributed by atoms with Gasteiger partial charge in [0.05, 0.1) is 18.2 Å². The van der Waals surface area contributed by atoms with E-state index >= 15 is 0 Å². The van der Waals surface area contributed by atoms with E-state index in [1.165, 1.54) is 5.56 Å². The number of hydrogen-bond acceptors (Lipinski definition) is 2.